The molecule has 2 amide bonds. The number of esters is 1. The van der Waals surface area contributed by atoms with Crippen molar-refractivity contribution in [3.05, 3.63) is 47.2 Å². The van der Waals surface area contributed by atoms with Crippen LogP contribution in [0.2, 0.25) is 0 Å². The number of carbonyl (C=O) groups is 2. The molecule has 6 nitrogen and oxygen atoms in total. The van der Waals surface area contributed by atoms with Gasteiger partial charge in [0.1, 0.15) is 0 Å². The van der Waals surface area contributed by atoms with Crippen molar-refractivity contribution in [3.63, 3.8) is 0 Å². The molecule has 112 valence electrons. The lowest BCUT2D eigenvalue weighted by Crippen LogP contribution is -2.47. The smallest absolute Gasteiger partial charge is 0.338 e. The Morgan fingerprint density at radius 3 is 2.52 bits per heavy atom. The van der Waals surface area contributed by atoms with Gasteiger partial charge >= 0.3 is 12.0 Å². The molecule has 0 aliphatic carbocycles. The molecule has 1 aliphatic rings. The van der Waals surface area contributed by atoms with E-state index < -0.39 is 12.0 Å². The monoisotopic (exact) mass is 290 g/mol. The minimum absolute atomic E-state index is 0.132. The SMILES string of the molecule is COCC1=C(C(=O)OC)[C@H](c2ccccc2)N(C)C(=O)N1. The summed E-state index contributed by atoms with van der Waals surface area (Å²) in [7, 11) is 4.46. The summed E-state index contributed by atoms with van der Waals surface area (Å²) < 4.78 is 9.95. The molecule has 1 aliphatic heterocycles. The second-order valence-corrected chi connectivity index (χ2v) is 4.67. The molecule has 0 saturated heterocycles. The molecule has 0 spiro atoms. The molecule has 6 heteroatoms. The van der Waals surface area contributed by atoms with E-state index in [0.29, 0.717) is 11.3 Å². The average Bonchev–Trinajstić information content (AvgIpc) is 2.50. The third kappa shape index (κ3) is 2.90. The van der Waals surface area contributed by atoms with Gasteiger partial charge in [-0.05, 0) is 5.56 Å². The molecular formula is C15H18N2O4. The molecule has 1 N–H and O–H groups in total. The molecule has 0 unspecified atom stereocenters. The van der Waals surface area contributed by atoms with Crippen molar-refractivity contribution in [1.29, 1.82) is 0 Å². The van der Waals surface area contributed by atoms with Crippen LogP contribution in [0, 0.1) is 0 Å². The molecule has 2 rings (SSSR count). The van der Waals surface area contributed by atoms with Crippen LogP contribution >= 0.6 is 0 Å². The summed E-state index contributed by atoms with van der Waals surface area (Å²) >= 11 is 0. The summed E-state index contributed by atoms with van der Waals surface area (Å²) in [6, 6.07) is 8.55. The van der Waals surface area contributed by atoms with E-state index in [1.165, 1.54) is 19.1 Å². The maximum Gasteiger partial charge on any atom is 0.338 e. The zero-order chi connectivity index (χ0) is 15.4. The average molecular weight is 290 g/mol. The fourth-order valence-corrected chi connectivity index (χ4v) is 2.39. The predicted octanol–water partition coefficient (Wildman–Crippen LogP) is 1.46. The summed E-state index contributed by atoms with van der Waals surface area (Å²) in [5, 5.41) is 2.67. The van der Waals surface area contributed by atoms with Gasteiger partial charge < -0.3 is 19.7 Å². The number of methoxy groups -OCH3 is 2. The lowest BCUT2D eigenvalue weighted by Gasteiger charge is -2.35. The normalized spacial score (nSPS) is 18.5. The lowest BCUT2D eigenvalue weighted by atomic mass is 9.94. The molecule has 0 saturated carbocycles. The molecule has 1 aromatic carbocycles. The maximum absolute atomic E-state index is 12.2. The Balaban J connectivity index is 2.57. The van der Waals surface area contributed by atoms with Crippen LogP contribution in [0.25, 0.3) is 0 Å². The Morgan fingerprint density at radius 1 is 1.29 bits per heavy atom. The van der Waals surface area contributed by atoms with Crippen LogP contribution in [0.3, 0.4) is 0 Å². The zero-order valence-corrected chi connectivity index (χ0v) is 12.3. The summed E-state index contributed by atoms with van der Waals surface area (Å²) in [4.78, 5) is 25.7. The van der Waals surface area contributed by atoms with Gasteiger partial charge in [-0.3, -0.25) is 0 Å². The first-order valence-electron chi connectivity index (χ1n) is 6.49. The van der Waals surface area contributed by atoms with Crippen LogP contribution in [0.5, 0.6) is 0 Å². The number of ether oxygens (including phenoxy) is 2. The highest BCUT2D eigenvalue weighted by atomic mass is 16.5. The molecule has 0 aromatic heterocycles. The summed E-state index contributed by atoms with van der Waals surface area (Å²) in [6.45, 7) is 0.132. The fraction of sp³-hybridized carbons (Fsp3) is 0.333. The van der Waals surface area contributed by atoms with Crippen molar-refractivity contribution >= 4 is 12.0 Å². The second-order valence-electron chi connectivity index (χ2n) is 4.67. The van der Waals surface area contributed by atoms with E-state index in [1.807, 2.05) is 30.3 Å². The molecule has 1 atom stereocenters. The van der Waals surface area contributed by atoms with Gasteiger partial charge in [-0.15, -0.1) is 0 Å². The zero-order valence-electron chi connectivity index (χ0n) is 12.3. The van der Waals surface area contributed by atoms with E-state index in [1.54, 1.807) is 7.05 Å². The third-order valence-electron chi connectivity index (χ3n) is 3.37. The van der Waals surface area contributed by atoms with Gasteiger partial charge in [-0.25, -0.2) is 9.59 Å². The first-order chi connectivity index (χ1) is 10.1. The summed E-state index contributed by atoms with van der Waals surface area (Å²) in [5.74, 6) is -0.484. The highest BCUT2D eigenvalue weighted by Gasteiger charge is 2.37. The van der Waals surface area contributed by atoms with Gasteiger partial charge in [-0.2, -0.15) is 0 Å². The number of carbonyl (C=O) groups excluding carboxylic acids is 2. The maximum atomic E-state index is 12.2. The van der Waals surface area contributed by atoms with Gasteiger partial charge in [-0.1, -0.05) is 30.3 Å². The van der Waals surface area contributed by atoms with Crippen LogP contribution in [0.1, 0.15) is 11.6 Å². The van der Waals surface area contributed by atoms with E-state index in [4.69, 9.17) is 9.47 Å². The van der Waals surface area contributed by atoms with Gasteiger partial charge in [0.05, 0.1) is 31.0 Å². The van der Waals surface area contributed by atoms with Crippen molar-refractivity contribution in [2.45, 2.75) is 6.04 Å². The number of amides is 2. The van der Waals surface area contributed by atoms with E-state index in [-0.39, 0.29) is 12.6 Å². The molecule has 21 heavy (non-hydrogen) atoms. The molecule has 1 heterocycles. The Bertz CT molecular complexity index is 568. The number of urea groups is 1. The first-order valence-corrected chi connectivity index (χ1v) is 6.49. The van der Waals surface area contributed by atoms with Gasteiger partial charge in [0.15, 0.2) is 0 Å². The number of likely N-dealkylation sites (N-methyl/N-ethyl adjacent to an activating group) is 1. The molecule has 0 radical (unpaired) electrons. The van der Waals surface area contributed by atoms with Crippen LogP contribution in [0.4, 0.5) is 4.79 Å². The molecule has 0 fully saturated rings. The number of nitrogens with one attached hydrogen (secondary N) is 1. The highest BCUT2D eigenvalue weighted by Crippen LogP contribution is 2.33. The number of nitrogens with zero attached hydrogens (tertiary/aromatic N) is 1. The van der Waals surface area contributed by atoms with Crippen LogP contribution in [0.15, 0.2) is 41.6 Å². The Kier molecular flexibility index (Phi) is 4.59. The number of benzene rings is 1. The highest BCUT2D eigenvalue weighted by molar-refractivity contribution is 5.95. The number of hydrogen-bond donors (Lipinski definition) is 1. The van der Waals surface area contributed by atoms with E-state index in [2.05, 4.69) is 5.32 Å². The predicted molar refractivity (Wildman–Crippen MR) is 76.4 cm³/mol. The van der Waals surface area contributed by atoms with E-state index in [9.17, 15) is 9.59 Å². The van der Waals surface area contributed by atoms with E-state index in [0.717, 1.165) is 5.56 Å². The van der Waals surface area contributed by atoms with Crippen molar-refractivity contribution in [3.8, 4) is 0 Å². The van der Waals surface area contributed by atoms with Crippen molar-refractivity contribution < 1.29 is 19.1 Å². The number of hydrogen-bond acceptors (Lipinski definition) is 4. The Labute approximate surface area is 123 Å². The van der Waals surface area contributed by atoms with Gasteiger partial charge in [0, 0.05) is 14.2 Å². The van der Waals surface area contributed by atoms with Crippen molar-refractivity contribution in [2.24, 2.45) is 0 Å². The van der Waals surface area contributed by atoms with Crippen LogP contribution in [-0.2, 0) is 14.3 Å². The minimum Gasteiger partial charge on any atom is -0.466 e. The summed E-state index contributed by atoms with van der Waals surface area (Å²) in [6.07, 6.45) is 0. The minimum atomic E-state index is -0.502. The van der Waals surface area contributed by atoms with Gasteiger partial charge in [0.25, 0.3) is 0 Å². The van der Waals surface area contributed by atoms with Crippen molar-refractivity contribution in [1.82, 2.24) is 10.2 Å². The van der Waals surface area contributed by atoms with Crippen molar-refractivity contribution in [2.75, 3.05) is 27.9 Å². The van der Waals surface area contributed by atoms with Crippen LogP contribution in [-0.4, -0.2) is 44.8 Å². The largest absolute Gasteiger partial charge is 0.466 e. The topological polar surface area (TPSA) is 67.9 Å². The molecule has 1 aromatic rings. The second kappa shape index (κ2) is 6.41. The molecular weight excluding hydrogens is 272 g/mol. The lowest BCUT2D eigenvalue weighted by molar-refractivity contribution is -0.137. The fourth-order valence-electron chi connectivity index (χ4n) is 2.39. The number of rotatable bonds is 4. The Hall–Kier alpha value is -2.34. The van der Waals surface area contributed by atoms with Gasteiger partial charge in [0.2, 0.25) is 0 Å². The Morgan fingerprint density at radius 2 is 1.95 bits per heavy atom. The van der Waals surface area contributed by atoms with Crippen LogP contribution < -0.4 is 5.32 Å². The standard InChI is InChI=1S/C15H18N2O4/c1-17-13(10-7-5-4-6-8-10)12(14(18)21-3)11(9-20-2)16-15(17)19/h4-8,13H,9H2,1-3H3,(H,16,19)/t13-/m0/s1. The summed E-state index contributed by atoms with van der Waals surface area (Å²) in [5.41, 5.74) is 1.65. The quantitative estimate of drug-likeness (QED) is 0.852. The van der Waals surface area contributed by atoms with E-state index >= 15 is 0 Å². The first kappa shape index (κ1) is 15.1. The third-order valence-corrected chi connectivity index (χ3v) is 3.37. The molecule has 0 bridgehead atoms.